The van der Waals surface area contributed by atoms with E-state index in [2.05, 4.69) is 62.3 Å². The number of nitrogens with one attached hydrogen (secondary N) is 1. The number of hydrogen-bond acceptors (Lipinski definition) is 6. The number of rotatable bonds is 4. The van der Waals surface area contributed by atoms with Crippen molar-refractivity contribution in [3.05, 3.63) is 65.4 Å². The van der Waals surface area contributed by atoms with Crippen LogP contribution in [0.3, 0.4) is 0 Å². The third kappa shape index (κ3) is 3.96. The first-order valence-electron chi connectivity index (χ1n) is 9.50. The molecule has 6 nitrogen and oxygen atoms in total. The molecule has 1 N–H and O–H groups in total. The van der Waals surface area contributed by atoms with Crippen molar-refractivity contribution < 1.29 is 8.78 Å². The maximum atomic E-state index is 13.9. The lowest BCUT2D eigenvalue weighted by Gasteiger charge is -2.37. The van der Waals surface area contributed by atoms with E-state index < -0.39 is 11.6 Å². The minimum absolute atomic E-state index is 0.0588. The number of para-hydroxylation sites is 1. The van der Waals surface area contributed by atoms with E-state index in [-0.39, 0.29) is 11.6 Å². The number of aryl methyl sites for hydroxylation is 1. The zero-order chi connectivity index (χ0) is 20.4. The Morgan fingerprint density at radius 1 is 0.897 bits per heavy atom. The van der Waals surface area contributed by atoms with Crippen molar-refractivity contribution in [2.24, 2.45) is 0 Å². The summed E-state index contributed by atoms with van der Waals surface area (Å²) in [6.07, 6.45) is 1.57. The molecule has 0 unspecified atom stereocenters. The third-order valence-corrected chi connectivity index (χ3v) is 5.27. The van der Waals surface area contributed by atoms with E-state index in [1.165, 1.54) is 35.0 Å². The molecule has 150 valence electrons. The molecule has 0 bridgehead atoms. The number of anilines is 4. The van der Waals surface area contributed by atoms with Crippen LogP contribution in [0.2, 0.25) is 0 Å². The lowest BCUT2D eigenvalue weighted by atomic mass is 10.1. The van der Waals surface area contributed by atoms with Gasteiger partial charge in [0.25, 0.3) is 0 Å². The Morgan fingerprint density at radius 3 is 2.28 bits per heavy atom. The quantitative estimate of drug-likeness (QED) is 0.723. The van der Waals surface area contributed by atoms with Crippen LogP contribution in [0.4, 0.5) is 31.9 Å². The Morgan fingerprint density at radius 2 is 1.55 bits per heavy atom. The van der Waals surface area contributed by atoms with Crippen molar-refractivity contribution in [2.75, 3.05) is 41.3 Å². The Bertz CT molecular complexity index is 998. The van der Waals surface area contributed by atoms with Crippen LogP contribution in [-0.2, 0) is 0 Å². The standard InChI is InChI=1S/C21H22F2N6/c1-14-5-3-8-18(15(14)2)28-9-11-29(12-10-28)19-13-24-27-21(25-19)26-20-16(22)6-4-7-17(20)23/h3-8,13H,9-12H2,1-2H3,(H,25,26,27). The van der Waals surface area contributed by atoms with Gasteiger partial charge in [-0.3, -0.25) is 0 Å². The van der Waals surface area contributed by atoms with Crippen LogP contribution in [0, 0.1) is 25.5 Å². The fourth-order valence-electron chi connectivity index (χ4n) is 3.48. The van der Waals surface area contributed by atoms with Gasteiger partial charge in [-0.2, -0.15) is 10.1 Å². The van der Waals surface area contributed by atoms with E-state index in [4.69, 9.17) is 0 Å². The average molecular weight is 396 g/mol. The van der Waals surface area contributed by atoms with Crippen LogP contribution < -0.4 is 15.1 Å². The van der Waals surface area contributed by atoms with Crippen molar-refractivity contribution in [1.29, 1.82) is 0 Å². The number of halogens is 2. The smallest absolute Gasteiger partial charge is 0.249 e. The summed E-state index contributed by atoms with van der Waals surface area (Å²) in [6, 6.07) is 10.0. The SMILES string of the molecule is Cc1cccc(N2CCN(c3cnnc(Nc4c(F)cccc4F)n3)CC2)c1C. The van der Waals surface area contributed by atoms with Gasteiger partial charge in [-0.05, 0) is 43.2 Å². The highest BCUT2D eigenvalue weighted by Gasteiger charge is 2.21. The van der Waals surface area contributed by atoms with Crippen LogP contribution in [0.1, 0.15) is 11.1 Å². The molecule has 29 heavy (non-hydrogen) atoms. The molecule has 1 aliphatic heterocycles. The fourth-order valence-corrected chi connectivity index (χ4v) is 3.48. The summed E-state index contributed by atoms with van der Waals surface area (Å²) in [5.41, 5.74) is 3.54. The molecule has 0 atom stereocenters. The van der Waals surface area contributed by atoms with Crippen LogP contribution in [-0.4, -0.2) is 41.4 Å². The molecule has 1 aliphatic rings. The van der Waals surface area contributed by atoms with Gasteiger partial charge in [-0.1, -0.05) is 18.2 Å². The summed E-state index contributed by atoms with van der Waals surface area (Å²) in [5.74, 6) is -0.731. The molecule has 4 rings (SSSR count). The van der Waals surface area contributed by atoms with Crippen molar-refractivity contribution in [1.82, 2.24) is 15.2 Å². The molecule has 0 aliphatic carbocycles. The average Bonchev–Trinajstić information content (AvgIpc) is 2.73. The largest absolute Gasteiger partial charge is 0.368 e. The lowest BCUT2D eigenvalue weighted by molar-refractivity contribution is 0.590. The van der Waals surface area contributed by atoms with Gasteiger partial charge in [0, 0.05) is 31.9 Å². The molecule has 2 aromatic carbocycles. The Balaban J connectivity index is 1.47. The molecule has 3 aromatic rings. The van der Waals surface area contributed by atoms with Crippen molar-refractivity contribution >= 4 is 23.1 Å². The highest BCUT2D eigenvalue weighted by molar-refractivity contribution is 5.58. The number of hydrogen-bond donors (Lipinski definition) is 1. The first kappa shape index (κ1) is 19.0. The minimum Gasteiger partial charge on any atom is -0.368 e. The van der Waals surface area contributed by atoms with E-state index in [9.17, 15) is 8.78 Å². The van der Waals surface area contributed by atoms with Gasteiger partial charge in [-0.15, -0.1) is 5.10 Å². The minimum atomic E-state index is -0.707. The van der Waals surface area contributed by atoms with Crippen molar-refractivity contribution in [3.63, 3.8) is 0 Å². The topological polar surface area (TPSA) is 57.2 Å². The molecule has 1 saturated heterocycles. The van der Waals surface area contributed by atoms with E-state index in [0.29, 0.717) is 5.82 Å². The van der Waals surface area contributed by atoms with Crippen LogP contribution in [0.15, 0.2) is 42.6 Å². The molecule has 1 fully saturated rings. The molecule has 8 heteroatoms. The normalized spacial score (nSPS) is 14.2. The first-order chi connectivity index (χ1) is 14.0. The van der Waals surface area contributed by atoms with Gasteiger partial charge in [0.1, 0.15) is 17.3 Å². The van der Waals surface area contributed by atoms with Crippen LogP contribution in [0.5, 0.6) is 0 Å². The van der Waals surface area contributed by atoms with Gasteiger partial charge in [0.15, 0.2) is 5.82 Å². The molecule has 2 heterocycles. The number of nitrogens with zero attached hydrogens (tertiary/aromatic N) is 5. The molecule has 0 radical (unpaired) electrons. The monoisotopic (exact) mass is 396 g/mol. The number of benzene rings is 2. The maximum Gasteiger partial charge on any atom is 0.249 e. The second-order valence-corrected chi connectivity index (χ2v) is 7.05. The Hall–Kier alpha value is -3.29. The summed E-state index contributed by atoms with van der Waals surface area (Å²) in [6.45, 7) is 7.48. The second-order valence-electron chi connectivity index (χ2n) is 7.05. The number of piperazine rings is 1. The Labute approximate surface area is 168 Å². The van der Waals surface area contributed by atoms with E-state index in [1.54, 1.807) is 6.20 Å². The van der Waals surface area contributed by atoms with Gasteiger partial charge in [-0.25, -0.2) is 8.78 Å². The van der Waals surface area contributed by atoms with E-state index in [1.807, 2.05) is 0 Å². The summed E-state index contributed by atoms with van der Waals surface area (Å²) in [7, 11) is 0. The fraction of sp³-hybridized carbons (Fsp3) is 0.286. The zero-order valence-corrected chi connectivity index (χ0v) is 16.4. The van der Waals surface area contributed by atoms with Crippen molar-refractivity contribution in [3.8, 4) is 0 Å². The molecule has 0 spiro atoms. The van der Waals surface area contributed by atoms with Crippen LogP contribution in [0.25, 0.3) is 0 Å². The number of aromatic nitrogens is 3. The predicted molar refractivity (Wildman–Crippen MR) is 110 cm³/mol. The highest BCUT2D eigenvalue weighted by Crippen LogP contribution is 2.26. The summed E-state index contributed by atoms with van der Waals surface area (Å²) >= 11 is 0. The molecular formula is C21H22F2N6. The highest BCUT2D eigenvalue weighted by atomic mass is 19.1. The van der Waals surface area contributed by atoms with E-state index in [0.717, 1.165) is 26.2 Å². The van der Waals surface area contributed by atoms with Gasteiger partial charge >= 0.3 is 0 Å². The molecule has 0 saturated carbocycles. The van der Waals surface area contributed by atoms with Gasteiger partial charge < -0.3 is 15.1 Å². The molecule has 1 aromatic heterocycles. The van der Waals surface area contributed by atoms with Crippen molar-refractivity contribution in [2.45, 2.75) is 13.8 Å². The zero-order valence-electron chi connectivity index (χ0n) is 16.4. The van der Waals surface area contributed by atoms with Gasteiger partial charge in [0.05, 0.1) is 6.20 Å². The summed E-state index contributed by atoms with van der Waals surface area (Å²) in [5, 5.41) is 10.4. The molecular weight excluding hydrogens is 374 g/mol. The summed E-state index contributed by atoms with van der Waals surface area (Å²) in [4.78, 5) is 8.85. The summed E-state index contributed by atoms with van der Waals surface area (Å²) < 4.78 is 27.7. The first-order valence-corrected chi connectivity index (χ1v) is 9.50. The lowest BCUT2D eigenvalue weighted by Crippen LogP contribution is -2.47. The van der Waals surface area contributed by atoms with E-state index >= 15 is 0 Å². The maximum absolute atomic E-state index is 13.9. The Kier molecular flexibility index (Phi) is 5.24. The third-order valence-electron chi connectivity index (χ3n) is 5.27. The van der Waals surface area contributed by atoms with Gasteiger partial charge in [0.2, 0.25) is 5.95 Å². The predicted octanol–water partition coefficient (Wildman–Crippen LogP) is 3.84. The second kappa shape index (κ2) is 7.98. The van der Waals surface area contributed by atoms with Crippen LogP contribution >= 0.6 is 0 Å². The molecule has 0 amide bonds.